The molecule has 0 spiro atoms. The summed E-state index contributed by atoms with van der Waals surface area (Å²) in [5.41, 5.74) is 0.807. The fourth-order valence-electron chi connectivity index (χ4n) is 4.41. The van der Waals surface area contributed by atoms with Gasteiger partial charge in [-0.3, -0.25) is 9.59 Å². The molecule has 1 N–H and O–H groups in total. The van der Waals surface area contributed by atoms with Gasteiger partial charge in [0.15, 0.2) is 0 Å². The van der Waals surface area contributed by atoms with E-state index in [1.54, 1.807) is 37.3 Å². The van der Waals surface area contributed by atoms with E-state index >= 15 is 0 Å². The summed E-state index contributed by atoms with van der Waals surface area (Å²) >= 11 is 12.4. The number of alkyl halides is 3. The number of likely N-dealkylation sites (tertiary alicyclic amines) is 1. The van der Waals surface area contributed by atoms with Gasteiger partial charge in [-0.2, -0.15) is 13.2 Å². The Kier molecular flexibility index (Phi) is 7.85. The number of aryl methyl sites for hydroxylation is 1. The van der Waals surface area contributed by atoms with Crippen molar-refractivity contribution in [2.24, 2.45) is 0 Å². The maximum atomic E-state index is 13.6. The van der Waals surface area contributed by atoms with Crippen LogP contribution in [0.1, 0.15) is 40.2 Å². The highest BCUT2D eigenvalue weighted by molar-refractivity contribution is 6.34. The van der Waals surface area contributed by atoms with Crippen LogP contribution in [0.4, 0.5) is 28.9 Å². The molecule has 1 aliphatic rings. The molecule has 0 radical (unpaired) electrons. The van der Waals surface area contributed by atoms with E-state index in [1.807, 2.05) is 0 Å². The smallest absolute Gasteiger partial charge is 0.353 e. The zero-order valence-corrected chi connectivity index (χ0v) is 21.2. The Morgan fingerprint density at radius 3 is 2.35 bits per heavy atom. The quantitative estimate of drug-likeness (QED) is 0.347. The fraction of sp³-hybridized carbons (Fsp3) is 0.308. The SMILES string of the molecule is Cc1ccc(Cl)cc1Nc1c(C(=O)N2CCC(c3ccc(F)cc3)CC2)cn(CC(F)(F)F)c(=O)c1Cl. The first-order valence-electron chi connectivity index (χ1n) is 11.5. The number of hydrogen-bond acceptors (Lipinski definition) is 3. The predicted molar refractivity (Wildman–Crippen MR) is 136 cm³/mol. The average Bonchev–Trinajstić information content (AvgIpc) is 2.85. The minimum absolute atomic E-state index is 0.0823. The zero-order chi connectivity index (χ0) is 26.9. The second-order valence-electron chi connectivity index (χ2n) is 8.98. The second-order valence-corrected chi connectivity index (χ2v) is 9.80. The molecule has 0 bridgehead atoms. The van der Waals surface area contributed by atoms with E-state index in [4.69, 9.17) is 23.2 Å². The number of carbonyl (C=O) groups excluding carboxylic acids is 1. The van der Waals surface area contributed by atoms with Crippen LogP contribution in [0.5, 0.6) is 0 Å². The van der Waals surface area contributed by atoms with Crippen LogP contribution in [0.3, 0.4) is 0 Å². The van der Waals surface area contributed by atoms with Crippen molar-refractivity contribution in [3.05, 3.63) is 91.6 Å². The number of rotatable bonds is 5. The Balaban J connectivity index is 1.68. The maximum absolute atomic E-state index is 13.6. The Morgan fingerprint density at radius 2 is 1.73 bits per heavy atom. The van der Waals surface area contributed by atoms with Crippen molar-refractivity contribution in [1.82, 2.24) is 9.47 Å². The number of aromatic nitrogens is 1. The highest BCUT2D eigenvalue weighted by Gasteiger charge is 2.32. The van der Waals surface area contributed by atoms with E-state index in [9.17, 15) is 27.2 Å². The Morgan fingerprint density at radius 1 is 1.08 bits per heavy atom. The van der Waals surface area contributed by atoms with Crippen molar-refractivity contribution in [1.29, 1.82) is 0 Å². The van der Waals surface area contributed by atoms with Gasteiger partial charge >= 0.3 is 6.18 Å². The van der Waals surface area contributed by atoms with Crippen molar-refractivity contribution in [2.45, 2.75) is 38.4 Å². The van der Waals surface area contributed by atoms with Crippen molar-refractivity contribution in [2.75, 3.05) is 18.4 Å². The van der Waals surface area contributed by atoms with Gasteiger partial charge in [0.2, 0.25) is 0 Å². The number of piperidine rings is 1. The van der Waals surface area contributed by atoms with Gasteiger partial charge in [-0.1, -0.05) is 41.4 Å². The third kappa shape index (κ3) is 6.27. The largest absolute Gasteiger partial charge is 0.406 e. The monoisotopic (exact) mass is 555 g/mol. The molecule has 2 aromatic carbocycles. The normalized spacial score (nSPS) is 14.6. The molecule has 1 aromatic heterocycles. The molecule has 2 heterocycles. The number of amides is 1. The molecule has 1 aliphatic heterocycles. The number of halogens is 6. The van der Waals surface area contributed by atoms with Crippen molar-refractivity contribution < 1.29 is 22.4 Å². The average molecular weight is 556 g/mol. The molecule has 0 unspecified atom stereocenters. The lowest BCUT2D eigenvalue weighted by Crippen LogP contribution is -2.39. The molecule has 1 saturated heterocycles. The van der Waals surface area contributed by atoms with E-state index in [1.165, 1.54) is 17.0 Å². The Hall–Kier alpha value is -3.04. The van der Waals surface area contributed by atoms with E-state index in [0.29, 0.717) is 41.2 Å². The molecule has 11 heteroatoms. The highest BCUT2D eigenvalue weighted by atomic mass is 35.5. The van der Waals surface area contributed by atoms with Gasteiger partial charge in [-0.05, 0) is 61.1 Å². The van der Waals surface area contributed by atoms with Gasteiger partial charge in [0.25, 0.3) is 11.5 Å². The lowest BCUT2D eigenvalue weighted by molar-refractivity contribution is -0.141. The van der Waals surface area contributed by atoms with Crippen molar-refractivity contribution in [3.63, 3.8) is 0 Å². The first-order valence-corrected chi connectivity index (χ1v) is 12.3. The number of carbonyl (C=O) groups is 1. The number of benzene rings is 2. The molecule has 1 fully saturated rings. The summed E-state index contributed by atoms with van der Waals surface area (Å²) in [6.45, 7) is 0.827. The highest BCUT2D eigenvalue weighted by Crippen LogP contribution is 2.34. The molecule has 196 valence electrons. The third-order valence-corrected chi connectivity index (χ3v) is 6.97. The lowest BCUT2D eigenvalue weighted by atomic mass is 9.89. The maximum Gasteiger partial charge on any atom is 0.406 e. The fourth-order valence-corrected chi connectivity index (χ4v) is 4.84. The summed E-state index contributed by atoms with van der Waals surface area (Å²) in [7, 11) is 0. The summed E-state index contributed by atoms with van der Waals surface area (Å²) in [5.74, 6) is -0.783. The van der Waals surface area contributed by atoms with Crippen LogP contribution in [0.15, 0.2) is 53.5 Å². The van der Waals surface area contributed by atoms with Gasteiger partial charge in [0.1, 0.15) is 17.4 Å². The number of nitrogens with one attached hydrogen (secondary N) is 1. The standard InChI is InChI=1S/C26H23Cl2F4N3O2/c1-15-2-5-18(27)12-21(15)33-23-20(13-35(14-26(30,31)32)25(37)22(23)28)24(36)34-10-8-17(9-11-34)16-3-6-19(29)7-4-16/h2-7,12-13,17,33H,8-11,14H2,1H3. The van der Waals surface area contributed by atoms with Gasteiger partial charge in [-0.15, -0.1) is 0 Å². The summed E-state index contributed by atoms with van der Waals surface area (Å²) in [6.07, 6.45) is -2.62. The minimum atomic E-state index is -4.69. The number of pyridine rings is 1. The van der Waals surface area contributed by atoms with Crippen LogP contribution >= 0.6 is 23.2 Å². The van der Waals surface area contributed by atoms with Gasteiger partial charge in [0.05, 0.1) is 11.3 Å². The van der Waals surface area contributed by atoms with E-state index in [0.717, 1.165) is 17.3 Å². The van der Waals surface area contributed by atoms with Crippen LogP contribution in [0.2, 0.25) is 10.0 Å². The molecule has 0 aliphatic carbocycles. The lowest BCUT2D eigenvalue weighted by Gasteiger charge is -2.33. The molecule has 0 saturated carbocycles. The first-order chi connectivity index (χ1) is 17.4. The molecule has 4 rings (SSSR count). The predicted octanol–water partition coefficient (Wildman–Crippen LogP) is 6.93. The number of hydrogen-bond donors (Lipinski definition) is 1. The number of anilines is 2. The Bertz CT molecular complexity index is 1370. The summed E-state index contributed by atoms with van der Waals surface area (Å²) < 4.78 is 53.2. The van der Waals surface area contributed by atoms with Crippen molar-refractivity contribution in [3.8, 4) is 0 Å². The van der Waals surface area contributed by atoms with Crippen molar-refractivity contribution >= 4 is 40.5 Å². The van der Waals surface area contributed by atoms with Crippen LogP contribution in [-0.2, 0) is 6.54 Å². The summed E-state index contributed by atoms with van der Waals surface area (Å²) in [6, 6.07) is 11.1. The zero-order valence-electron chi connectivity index (χ0n) is 19.7. The van der Waals surface area contributed by atoms with E-state index in [2.05, 4.69) is 5.32 Å². The summed E-state index contributed by atoms with van der Waals surface area (Å²) in [5, 5.41) is 2.79. The molecule has 1 amide bonds. The molecule has 0 atom stereocenters. The Labute approximate surface area is 220 Å². The second kappa shape index (κ2) is 10.8. The van der Waals surface area contributed by atoms with Gasteiger partial charge < -0.3 is 14.8 Å². The van der Waals surface area contributed by atoms with Crippen LogP contribution in [0.25, 0.3) is 0 Å². The molecular weight excluding hydrogens is 533 g/mol. The molecular formula is C26H23Cl2F4N3O2. The summed E-state index contributed by atoms with van der Waals surface area (Å²) in [4.78, 5) is 27.8. The minimum Gasteiger partial charge on any atom is -0.353 e. The van der Waals surface area contributed by atoms with Crippen LogP contribution in [0, 0.1) is 12.7 Å². The topological polar surface area (TPSA) is 54.3 Å². The van der Waals surface area contributed by atoms with E-state index < -0.39 is 29.2 Å². The number of nitrogens with zero attached hydrogens (tertiary/aromatic N) is 2. The van der Waals surface area contributed by atoms with Crippen LogP contribution < -0.4 is 10.9 Å². The van der Waals surface area contributed by atoms with E-state index in [-0.39, 0.29) is 23.0 Å². The molecule has 3 aromatic rings. The first kappa shape index (κ1) is 27.0. The third-order valence-electron chi connectivity index (χ3n) is 6.39. The molecule has 5 nitrogen and oxygen atoms in total. The molecule has 37 heavy (non-hydrogen) atoms. The van der Waals surface area contributed by atoms with Crippen LogP contribution in [-0.4, -0.2) is 34.6 Å². The van der Waals surface area contributed by atoms with Gasteiger partial charge in [-0.25, -0.2) is 4.39 Å². The van der Waals surface area contributed by atoms with Gasteiger partial charge in [0, 0.05) is 30.0 Å².